The van der Waals surface area contributed by atoms with E-state index in [0.29, 0.717) is 5.76 Å². The number of hydrogen-bond donors (Lipinski definition) is 1. The largest absolute Gasteiger partial charge is 0.465 e. The highest BCUT2D eigenvalue weighted by molar-refractivity contribution is 5.84. The summed E-state index contributed by atoms with van der Waals surface area (Å²) in [5, 5.41) is 12.6. The molecule has 0 radical (unpaired) electrons. The maximum Gasteiger partial charge on any atom is 0.144 e. The smallest absolute Gasteiger partial charge is 0.144 e. The van der Waals surface area contributed by atoms with Crippen LogP contribution in [0.3, 0.4) is 0 Å². The van der Waals surface area contributed by atoms with Gasteiger partial charge in [0.05, 0.1) is 6.26 Å². The molecule has 4 aromatic rings. The Morgan fingerprint density at radius 3 is 2.12 bits per heavy atom. The van der Waals surface area contributed by atoms with Crippen molar-refractivity contribution >= 4 is 22.9 Å². The van der Waals surface area contributed by atoms with Gasteiger partial charge >= 0.3 is 0 Å². The predicted octanol–water partition coefficient (Wildman–Crippen LogP) is 5.68. The lowest BCUT2D eigenvalue weighted by atomic mass is 10.0. The summed E-state index contributed by atoms with van der Waals surface area (Å²) in [5.41, 5.74) is 3.06. The molecule has 0 saturated carbocycles. The van der Waals surface area contributed by atoms with Crippen molar-refractivity contribution in [3.63, 3.8) is 0 Å². The second-order valence-electron chi connectivity index (χ2n) is 6.00. The van der Waals surface area contributed by atoms with Gasteiger partial charge < -0.3 is 9.52 Å². The average Bonchev–Trinajstić information content (AvgIpc) is 3.11. The first kappa shape index (κ1) is 15.4. The van der Waals surface area contributed by atoms with Crippen LogP contribution in [0.1, 0.15) is 28.6 Å². The van der Waals surface area contributed by atoms with E-state index in [2.05, 4.69) is 24.3 Å². The van der Waals surface area contributed by atoms with Gasteiger partial charge in [-0.25, -0.2) is 0 Å². The van der Waals surface area contributed by atoms with Crippen molar-refractivity contribution in [1.82, 2.24) is 0 Å². The summed E-state index contributed by atoms with van der Waals surface area (Å²) in [6.07, 6.45) is 5.05. The monoisotopic (exact) mass is 326 g/mol. The quantitative estimate of drug-likeness (QED) is 0.489. The van der Waals surface area contributed by atoms with E-state index in [4.69, 9.17) is 4.42 Å². The van der Waals surface area contributed by atoms with Crippen molar-refractivity contribution in [3.8, 4) is 0 Å². The summed E-state index contributed by atoms with van der Waals surface area (Å²) < 4.78 is 5.60. The van der Waals surface area contributed by atoms with E-state index < -0.39 is 6.10 Å². The van der Waals surface area contributed by atoms with Gasteiger partial charge in [-0.1, -0.05) is 91.0 Å². The summed E-state index contributed by atoms with van der Waals surface area (Å²) in [7, 11) is 0. The molecule has 0 saturated heterocycles. The highest BCUT2D eigenvalue weighted by atomic mass is 16.4. The molecule has 4 rings (SSSR count). The van der Waals surface area contributed by atoms with Crippen LogP contribution in [0.5, 0.6) is 0 Å². The standard InChI is InChI=1S/C23H18O2/c24-22(23-21-9-5-4-8-20(21)16-25-23)19-14-12-18(13-15-19)11-10-17-6-2-1-3-7-17/h1-16,22,24H. The van der Waals surface area contributed by atoms with Crippen molar-refractivity contribution in [3.05, 3.63) is 108 Å². The Kier molecular flexibility index (Phi) is 4.19. The number of aliphatic hydroxyl groups is 1. The second kappa shape index (κ2) is 6.80. The topological polar surface area (TPSA) is 33.4 Å². The van der Waals surface area contributed by atoms with Crippen molar-refractivity contribution in [2.24, 2.45) is 0 Å². The van der Waals surface area contributed by atoms with Crippen LogP contribution in [0.4, 0.5) is 0 Å². The molecule has 0 aliphatic heterocycles. The van der Waals surface area contributed by atoms with Crippen LogP contribution < -0.4 is 0 Å². The molecular formula is C23H18O2. The molecular weight excluding hydrogens is 308 g/mol. The molecule has 0 aliphatic rings. The molecule has 25 heavy (non-hydrogen) atoms. The molecule has 1 heterocycles. The third kappa shape index (κ3) is 3.25. The van der Waals surface area contributed by atoms with E-state index in [9.17, 15) is 5.11 Å². The third-order valence-electron chi connectivity index (χ3n) is 4.31. The second-order valence-corrected chi connectivity index (χ2v) is 6.00. The molecule has 1 unspecified atom stereocenters. The lowest BCUT2D eigenvalue weighted by molar-refractivity contribution is 0.191. The summed E-state index contributed by atoms with van der Waals surface area (Å²) in [6.45, 7) is 0. The summed E-state index contributed by atoms with van der Waals surface area (Å²) >= 11 is 0. The van der Waals surface area contributed by atoms with Crippen LogP contribution in [0, 0.1) is 0 Å². The highest BCUT2D eigenvalue weighted by Crippen LogP contribution is 2.30. The zero-order valence-electron chi connectivity index (χ0n) is 13.7. The maximum absolute atomic E-state index is 10.7. The number of rotatable bonds is 4. The number of furan rings is 1. The molecule has 2 heteroatoms. The normalized spacial score (nSPS) is 12.7. The van der Waals surface area contributed by atoms with Gasteiger partial charge in [0.2, 0.25) is 0 Å². The molecule has 2 nitrogen and oxygen atoms in total. The minimum atomic E-state index is -0.771. The molecule has 0 aliphatic carbocycles. The fraction of sp³-hybridized carbons (Fsp3) is 0.0435. The van der Waals surface area contributed by atoms with Crippen molar-refractivity contribution in [1.29, 1.82) is 0 Å². The molecule has 1 aromatic heterocycles. The Morgan fingerprint density at radius 2 is 1.36 bits per heavy atom. The number of benzene rings is 3. The van der Waals surface area contributed by atoms with Gasteiger partial charge in [0.15, 0.2) is 0 Å². The molecule has 1 atom stereocenters. The Hall–Kier alpha value is -3.10. The van der Waals surface area contributed by atoms with Gasteiger partial charge in [-0.2, -0.15) is 0 Å². The zero-order valence-corrected chi connectivity index (χ0v) is 13.7. The minimum absolute atomic E-state index is 0.586. The molecule has 0 spiro atoms. The summed E-state index contributed by atoms with van der Waals surface area (Å²) in [4.78, 5) is 0. The number of hydrogen-bond acceptors (Lipinski definition) is 2. The average molecular weight is 326 g/mol. The Labute approximate surface area is 146 Å². The van der Waals surface area contributed by atoms with Crippen LogP contribution in [-0.4, -0.2) is 5.11 Å². The first-order valence-electron chi connectivity index (χ1n) is 8.28. The molecule has 0 bridgehead atoms. The molecule has 3 aromatic carbocycles. The fourth-order valence-electron chi connectivity index (χ4n) is 2.92. The molecule has 122 valence electrons. The van der Waals surface area contributed by atoms with Crippen LogP contribution in [0.15, 0.2) is 89.5 Å². The van der Waals surface area contributed by atoms with Crippen molar-refractivity contribution in [2.45, 2.75) is 6.10 Å². The highest BCUT2D eigenvalue weighted by Gasteiger charge is 2.17. The lowest BCUT2D eigenvalue weighted by Crippen LogP contribution is -1.98. The minimum Gasteiger partial charge on any atom is -0.465 e. The van der Waals surface area contributed by atoms with E-state index in [1.54, 1.807) is 6.26 Å². The first-order valence-corrected chi connectivity index (χ1v) is 8.28. The van der Waals surface area contributed by atoms with Gasteiger partial charge in [0.1, 0.15) is 11.9 Å². The Morgan fingerprint density at radius 1 is 0.720 bits per heavy atom. The molecule has 0 amide bonds. The zero-order chi connectivity index (χ0) is 17.1. The van der Waals surface area contributed by atoms with Gasteiger partial charge in [0, 0.05) is 10.8 Å². The number of fused-ring (bicyclic) bond motifs is 1. The summed E-state index contributed by atoms with van der Waals surface area (Å²) in [6, 6.07) is 25.9. The van der Waals surface area contributed by atoms with Gasteiger partial charge in [-0.3, -0.25) is 0 Å². The Bertz CT molecular complexity index is 995. The van der Waals surface area contributed by atoms with Crippen LogP contribution in [0.25, 0.3) is 22.9 Å². The lowest BCUT2D eigenvalue weighted by Gasteiger charge is -2.09. The van der Waals surface area contributed by atoms with E-state index in [1.807, 2.05) is 66.7 Å². The molecule has 0 fully saturated rings. The van der Waals surface area contributed by atoms with Crippen molar-refractivity contribution in [2.75, 3.05) is 0 Å². The van der Waals surface area contributed by atoms with Gasteiger partial charge in [0.25, 0.3) is 0 Å². The van der Waals surface area contributed by atoms with Crippen LogP contribution in [0.2, 0.25) is 0 Å². The van der Waals surface area contributed by atoms with Gasteiger partial charge in [-0.15, -0.1) is 0 Å². The van der Waals surface area contributed by atoms with E-state index in [-0.39, 0.29) is 0 Å². The fourth-order valence-corrected chi connectivity index (χ4v) is 2.92. The van der Waals surface area contributed by atoms with E-state index in [1.165, 1.54) is 0 Å². The maximum atomic E-state index is 10.7. The van der Waals surface area contributed by atoms with E-state index in [0.717, 1.165) is 27.5 Å². The SMILES string of the molecule is OC(c1ccc(C=Cc2ccccc2)cc1)c1occ2ccccc12. The summed E-state index contributed by atoms with van der Waals surface area (Å²) in [5.74, 6) is 0.586. The van der Waals surface area contributed by atoms with Gasteiger partial charge in [-0.05, 0) is 16.7 Å². The van der Waals surface area contributed by atoms with Crippen molar-refractivity contribution < 1.29 is 9.52 Å². The molecule has 1 N–H and O–H groups in total. The van der Waals surface area contributed by atoms with Crippen LogP contribution in [-0.2, 0) is 0 Å². The first-order chi connectivity index (χ1) is 12.3. The predicted molar refractivity (Wildman–Crippen MR) is 102 cm³/mol. The Balaban J connectivity index is 1.56. The third-order valence-corrected chi connectivity index (χ3v) is 4.31. The number of aliphatic hydroxyl groups excluding tert-OH is 1. The van der Waals surface area contributed by atoms with E-state index >= 15 is 0 Å². The van der Waals surface area contributed by atoms with Crippen LogP contribution >= 0.6 is 0 Å².